The van der Waals surface area contributed by atoms with E-state index in [4.69, 9.17) is 0 Å². The molecule has 0 saturated carbocycles. The number of piperidine rings is 1. The highest BCUT2D eigenvalue weighted by atomic mass is 16.2. The van der Waals surface area contributed by atoms with Gasteiger partial charge >= 0.3 is 0 Å². The van der Waals surface area contributed by atoms with Crippen LogP contribution < -0.4 is 0 Å². The molecule has 4 nitrogen and oxygen atoms in total. The maximum absolute atomic E-state index is 12.5. The summed E-state index contributed by atoms with van der Waals surface area (Å²) in [6.45, 7) is 7.23. The second kappa shape index (κ2) is 6.56. The van der Waals surface area contributed by atoms with Gasteiger partial charge in [0.05, 0.1) is 5.69 Å². The third-order valence-electron chi connectivity index (χ3n) is 4.66. The summed E-state index contributed by atoms with van der Waals surface area (Å²) >= 11 is 0. The lowest BCUT2D eigenvalue weighted by Gasteiger charge is -2.38. The van der Waals surface area contributed by atoms with Crippen LogP contribution in [0.4, 0.5) is 0 Å². The van der Waals surface area contributed by atoms with Gasteiger partial charge < -0.3 is 4.90 Å². The number of carbonyl (C=O) groups is 1. The highest BCUT2D eigenvalue weighted by molar-refractivity contribution is 5.92. The van der Waals surface area contributed by atoms with Crippen molar-refractivity contribution in [3.63, 3.8) is 0 Å². The predicted octanol–water partition coefficient (Wildman–Crippen LogP) is 2.55. The molecule has 1 aromatic heterocycles. The molecule has 3 rings (SSSR count). The number of likely N-dealkylation sites (tertiary alicyclic amines) is 2. The monoisotopic (exact) mass is 287 g/mol. The first-order valence-electron chi connectivity index (χ1n) is 8.24. The van der Waals surface area contributed by atoms with Gasteiger partial charge in [-0.3, -0.25) is 9.69 Å². The van der Waals surface area contributed by atoms with Crippen LogP contribution in [0, 0.1) is 5.92 Å². The van der Waals surface area contributed by atoms with Crippen LogP contribution in [-0.2, 0) is 6.54 Å². The molecule has 2 aliphatic heterocycles. The van der Waals surface area contributed by atoms with Gasteiger partial charge in [0, 0.05) is 32.7 Å². The first-order chi connectivity index (χ1) is 10.3. The molecule has 0 bridgehead atoms. The van der Waals surface area contributed by atoms with Crippen molar-refractivity contribution >= 4 is 5.91 Å². The minimum Gasteiger partial charge on any atom is -0.337 e. The van der Waals surface area contributed by atoms with Crippen LogP contribution in [0.5, 0.6) is 0 Å². The van der Waals surface area contributed by atoms with E-state index in [1.807, 2.05) is 23.1 Å². The molecule has 0 atom stereocenters. The Morgan fingerprint density at radius 3 is 2.71 bits per heavy atom. The Labute approximate surface area is 127 Å². The summed E-state index contributed by atoms with van der Waals surface area (Å²) in [6.07, 6.45) is 4.75. The van der Waals surface area contributed by atoms with Crippen LogP contribution in [0.15, 0.2) is 18.2 Å². The first-order valence-corrected chi connectivity index (χ1v) is 8.24. The van der Waals surface area contributed by atoms with E-state index in [0.29, 0.717) is 5.69 Å². The summed E-state index contributed by atoms with van der Waals surface area (Å²) in [5.74, 6) is 0.953. The van der Waals surface area contributed by atoms with Crippen LogP contribution in [0.25, 0.3) is 0 Å². The smallest absolute Gasteiger partial charge is 0.272 e. The average Bonchev–Trinajstić information content (AvgIpc) is 2.51. The van der Waals surface area contributed by atoms with Crippen molar-refractivity contribution in [3.05, 3.63) is 29.6 Å². The molecular formula is C17H25N3O. The summed E-state index contributed by atoms with van der Waals surface area (Å²) in [5.41, 5.74) is 1.63. The number of carbonyl (C=O) groups excluding carboxylic acids is 1. The average molecular weight is 287 g/mol. The fourth-order valence-corrected chi connectivity index (χ4v) is 3.24. The number of pyridine rings is 1. The number of rotatable bonds is 4. The summed E-state index contributed by atoms with van der Waals surface area (Å²) in [4.78, 5) is 21.4. The van der Waals surface area contributed by atoms with Crippen LogP contribution in [0.1, 0.15) is 48.8 Å². The lowest BCUT2D eigenvalue weighted by atomic mass is 9.97. The van der Waals surface area contributed by atoms with Crippen molar-refractivity contribution in [2.45, 2.75) is 39.2 Å². The van der Waals surface area contributed by atoms with Crippen LogP contribution in [0.3, 0.4) is 0 Å². The van der Waals surface area contributed by atoms with Gasteiger partial charge in [-0.25, -0.2) is 4.98 Å². The third-order valence-corrected chi connectivity index (χ3v) is 4.66. The van der Waals surface area contributed by atoms with Gasteiger partial charge in [-0.1, -0.05) is 19.4 Å². The summed E-state index contributed by atoms with van der Waals surface area (Å²) in [5, 5.41) is 0. The Bertz CT molecular complexity index is 491. The van der Waals surface area contributed by atoms with Crippen LogP contribution >= 0.6 is 0 Å². The van der Waals surface area contributed by atoms with Gasteiger partial charge in [0.25, 0.3) is 5.91 Å². The van der Waals surface area contributed by atoms with Crippen LogP contribution in [-0.4, -0.2) is 46.9 Å². The Morgan fingerprint density at radius 1 is 1.24 bits per heavy atom. The Hall–Kier alpha value is -1.42. The maximum atomic E-state index is 12.5. The molecule has 1 aromatic rings. The molecule has 2 saturated heterocycles. The molecular weight excluding hydrogens is 262 g/mol. The molecule has 1 amide bonds. The summed E-state index contributed by atoms with van der Waals surface area (Å²) in [7, 11) is 0. The second-order valence-electron chi connectivity index (χ2n) is 6.34. The highest BCUT2D eigenvalue weighted by Gasteiger charge is 2.25. The van der Waals surface area contributed by atoms with Gasteiger partial charge in [0.2, 0.25) is 0 Å². The van der Waals surface area contributed by atoms with E-state index in [2.05, 4.69) is 16.8 Å². The summed E-state index contributed by atoms with van der Waals surface area (Å²) < 4.78 is 0. The molecule has 0 aliphatic carbocycles. The van der Waals surface area contributed by atoms with E-state index in [9.17, 15) is 4.79 Å². The third kappa shape index (κ3) is 3.43. The Morgan fingerprint density at radius 2 is 2.00 bits per heavy atom. The lowest BCUT2D eigenvalue weighted by Crippen LogP contribution is -2.45. The van der Waals surface area contributed by atoms with Crippen molar-refractivity contribution < 1.29 is 4.79 Å². The van der Waals surface area contributed by atoms with Crippen LogP contribution in [0.2, 0.25) is 0 Å². The SMILES string of the molecule is CCC1CN(Cc2cccc(C(=O)N3CCCCC3)n2)C1. The van der Waals surface area contributed by atoms with Gasteiger partial charge in [-0.15, -0.1) is 0 Å². The standard InChI is InChI=1S/C17H25N3O/c1-2-14-11-19(12-14)13-15-7-6-8-16(18-15)17(21)20-9-4-3-5-10-20/h6-8,14H,2-5,9-13H2,1H3. The van der Waals surface area contributed by atoms with Gasteiger partial charge in [0.15, 0.2) is 0 Å². The zero-order valence-electron chi connectivity index (χ0n) is 12.9. The number of aromatic nitrogens is 1. The molecule has 0 radical (unpaired) electrons. The molecule has 2 aliphatic rings. The molecule has 0 N–H and O–H groups in total. The van der Waals surface area contributed by atoms with E-state index in [1.54, 1.807) is 0 Å². The van der Waals surface area contributed by atoms with Crippen molar-refractivity contribution in [2.75, 3.05) is 26.2 Å². The fraction of sp³-hybridized carbons (Fsp3) is 0.647. The predicted molar refractivity (Wildman–Crippen MR) is 83.0 cm³/mol. The minimum absolute atomic E-state index is 0.103. The normalized spacial score (nSPS) is 20.3. The number of nitrogens with zero attached hydrogens (tertiary/aromatic N) is 3. The number of amides is 1. The highest BCUT2D eigenvalue weighted by Crippen LogP contribution is 2.20. The Balaban J connectivity index is 1.61. The minimum atomic E-state index is 0.103. The van der Waals surface area contributed by atoms with E-state index >= 15 is 0 Å². The van der Waals surface area contributed by atoms with Gasteiger partial charge in [-0.05, 0) is 37.3 Å². The largest absolute Gasteiger partial charge is 0.337 e. The van der Waals surface area contributed by atoms with Crippen molar-refractivity contribution in [1.82, 2.24) is 14.8 Å². The molecule has 2 fully saturated rings. The quantitative estimate of drug-likeness (QED) is 0.854. The van der Waals surface area contributed by atoms with Crippen molar-refractivity contribution in [2.24, 2.45) is 5.92 Å². The van der Waals surface area contributed by atoms with Crippen molar-refractivity contribution in [1.29, 1.82) is 0 Å². The Kier molecular flexibility index (Phi) is 4.54. The molecule has 0 aromatic carbocycles. The number of hydrogen-bond donors (Lipinski definition) is 0. The van der Waals surface area contributed by atoms with E-state index < -0.39 is 0 Å². The number of hydrogen-bond acceptors (Lipinski definition) is 3. The molecule has 21 heavy (non-hydrogen) atoms. The molecule has 0 unspecified atom stereocenters. The molecule has 4 heteroatoms. The van der Waals surface area contributed by atoms with Gasteiger partial charge in [0.1, 0.15) is 5.69 Å². The second-order valence-corrected chi connectivity index (χ2v) is 6.34. The molecule has 3 heterocycles. The van der Waals surface area contributed by atoms with Crippen molar-refractivity contribution in [3.8, 4) is 0 Å². The van der Waals surface area contributed by atoms with E-state index in [-0.39, 0.29) is 5.91 Å². The topological polar surface area (TPSA) is 36.4 Å². The molecule has 0 spiro atoms. The lowest BCUT2D eigenvalue weighted by molar-refractivity contribution is 0.0715. The molecule has 114 valence electrons. The van der Waals surface area contributed by atoms with E-state index in [1.165, 1.54) is 25.9 Å². The van der Waals surface area contributed by atoms with Gasteiger partial charge in [-0.2, -0.15) is 0 Å². The first kappa shape index (κ1) is 14.5. The zero-order chi connectivity index (χ0) is 14.7. The van der Waals surface area contributed by atoms with E-state index in [0.717, 1.165) is 44.1 Å². The fourth-order valence-electron chi connectivity index (χ4n) is 3.24. The maximum Gasteiger partial charge on any atom is 0.272 e. The zero-order valence-corrected chi connectivity index (χ0v) is 12.9. The summed E-state index contributed by atoms with van der Waals surface area (Å²) in [6, 6.07) is 5.86.